The first-order valence-corrected chi connectivity index (χ1v) is 10.0. The van der Waals surface area contributed by atoms with E-state index in [1.165, 1.54) is 26.2 Å². The zero-order valence-electron chi connectivity index (χ0n) is 16.7. The van der Waals surface area contributed by atoms with Crippen LogP contribution in [0.15, 0.2) is 53.4 Å². The van der Waals surface area contributed by atoms with E-state index in [1.807, 2.05) is 0 Å². The number of benzene rings is 2. The molecule has 3 rings (SSSR count). The van der Waals surface area contributed by atoms with Crippen molar-refractivity contribution in [2.75, 3.05) is 7.11 Å². The highest BCUT2D eigenvalue weighted by Crippen LogP contribution is 2.34. The number of rotatable bonds is 7. The summed E-state index contributed by atoms with van der Waals surface area (Å²) in [7, 11) is 1.20. The van der Waals surface area contributed by atoms with E-state index in [2.05, 4.69) is 4.74 Å². The minimum atomic E-state index is -0.997. The average molecular weight is 441 g/mol. The first-order chi connectivity index (χ1) is 14.8. The van der Waals surface area contributed by atoms with E-state index in [1.54, 1.807) is 42.5 Å². The maximum atomic E-state index is 12.5. The molecule has 2 aromatic carbocycles. The zero-order valence-corrected chi connectivity index (χ0v) is 17.5. The summed E-state index contributed by atoms with van der Waals surface area (Å²) in [6, 6.07) is 12.3. The lowest BCUT2D eigenvalue weighted by Gasteiger charge is -2.18. The lowest BCUT2D eigenvalue weighted by atomic mass is 10.1. The summed E-state index contributed by atoms with van der Waals surface area (Å²) in [6.07, 6.45) is 1.57. The van der Waals surface area contributed by atoms with Crippen LogP contribution in [-0.2, 0) is 20.9 Å². The van der Waals surface area contributed by atoms with Crippen LogP contribution in [0.25, 0.3) is 6.08 Å². The van der Waals surface area contributed by atoms with Crippen LogP contribution in [-0.4, -0.2) is 46.2 Å². The summed E-state index contributed by atoms with van der Waals surface area (Å²) in [6.45, 7) is 1.70. The predicted octanol–water partition coefficient (Wildman–Crippen LogP) is 3.56. The lowest BCUT2D eigenvalue weighted by molar-refractivity contribution is -0.148. The number of ether oxygens (including phenoxy) is 2. The minimum Gasteiger partial charge on any atom is -0.489 e. The fourth-order valence-electron chi connectivity index (χ4n) is 2.81. The Morgan fingerprint density at radius 1 is 1.10 bits per heavy atom. The van der Waals surface area contributed by atoms with Gasteiger partial charge in [-0.05, 0) is 60.2 Å². The summed E-state index contributed by atoms with van der Waals surface area (Å²) in [5.41, 5.74) is 1.72. The number of imide groups is 1. The molecule has 1 fully saturated rings. The van der Waals surface area contributed by atoms with Crippen molar-refractivity contribution in [2.45, 2.75) is 19.6 Å². The van der Waals surface area contributed by atoms with Crippen molar-refractivity contribution in [3.05, 3.63) is 70.1 Å². The molecule has 1 aliphatic heterocycles. The highest BCUT2D eigenvalue weighted by molar-refractivity contribution is 8.18. The molecule has 0 spiro atoms. The number of carboxylic acids is 1. The molecule has 160 valence electrons. The zero-order chi connectivity index (χ0) is 22.5. The van der Waals surface area contributed by atoms with Crippen LogP contribution in [0.4, 0.5) is 4.79 Å². The van der Waals surface area contributed by atoms with E-state index in [0.717, 1.165) is 22.2 Å². The van der Waals surface area contributed by atoms with Crippen molar-refractivity contribution in [1.29, 1.82) is 0 Å². The average Bonchev–Trinajstić information content (AvgIpc) is 3.05. The van der Waals surface area contributed by atoms with Crippen LogP contribution in [0, 0.1) is 0 Å². The highest BCUT2D eigenvalue weighted by atomic mass is 32.2. The van der Waals surface area contributed by atoms with Gasteiger partial charge in [-0.2, -0.15) is 0 Å². The number of carbonyl (C=O) groups excluding carboxylic acids is 3. The molecule has 2 amide bonds. The molecule has 2 aromatic rings. The van der Waals surface area contributed by atoms with Gasteiger partial charge in [-0.15, -0.1) is 0 Å². The van der Waals surface area contributed by atoms with E-state index < -0.39 is 29.1 Å². The molecule has 1 N–H and O–H groups in total. The summed E-state index contributed by atoms with van der Waals surface area (Å²) in [5.74, 6) is -1.60. The van der Waals surface area contributed by atoms with E-state index in [0.29, 0.717) is 11.3 Å². The molecule has 1 atom stereocenters. The minimum absolute atomic E-state index is 0.207. The van der Waals surface area contributed by atoms with Crippen molar-refractivity contribution >= 4 is 40.9 Å². The molecule has 8 nitrogen and oxygen atoms in total. The van der Waals surface area contributed by atoms with Gasteiger partial charge in [0, 0.05) is 0 Å². The van der Waals surface area contributed by atoms with Gasteiger partial charge in [0.1, 0.15) is 18.4 Å². The van der Waals surface area contributed by atoms with Gasteiger partial charge in [0.2, 0.25) is 0 Å². The van der Waals surface area contributed by atoms with Gasteiger partial charge in [-0.3, -0.25) is 14.5 Å². The number of carboxylic acid groups (broad SMARTS) is 1. The van der Waals surface area contributed by atoms with E-state index in [4.69, 9.17) is 9.84 Å². The Labute approximate surface area is 182 Å². The standard InChI is InChI=1S/C22H19NO7S/c1-13(21(27)29-2)23-19(24)18(31-22(23)28)11-14-5-9-17(10-6-14)30-12-15-3-7-16(8-4-15)20(25)26/h3-11,13H,12H2,1-2H3,(H,25,26)/b18-11+/t13-/m0/s1. The number of aromatic carboxylic acids is 1. The van der Waals surface area contributed by atoms with Crippen LogP contribution in [0.2, 0.25) is 0 Å². The van der Waals surface area contributed by atoms with Crippen molar-refractivity contribution in [3.8, 4) is 5.75 Å². The van der Waals surface area contributed by atoms with Gasteiger partial charge in [0.25, 0.3) is 11.1 Å². The number of carbonyl (C=O) groups is 4. The third-order valence-electron chi connectivity index (χ3n) is 4.54. The van der Waals surface area contributed by atoms with Crippen LogP contribution >= 0.6 is 11.8 Å². The number of hydrogen-bond donors (Lipinski definition) is 1. The molecule has 0 radical (unpaired) electrons. The maximum absolute atomic E-state index is 12.5. The number of amides is 2. The summed E-state index contributed by atoms with van der Waals surface area (Å²) < 4.78 is 10.3. The largest absolute Gasteiger partial charge is 0.489 e. The van der Waals surface area contributed by atoms with Crippen LogP contribution in [0.3, 0.4) is 0 Å². The molecule has 1 aliphatic rings. The van der Waals surface area contributed by atoms with Gasteiger partial charge in [-0.25, -0.2) is 9.59 Å². The Bertz CT molecular complexity index is 1040. The monoisotopic (exact) mass is 441 g/mol. The molecule has 31 heavy (non-hydrogen) atoms. The fraction of sp³-hybridized carbons (Fsp3) is 0.182. The molecule has 1 saturated heterocycles. The molecule has 1 heterocycles. The molecule has 0 saturated carbocycles. The highest BCUT2D eigenvalue weighted by Gasteiger charge is 2.41. The van der Waals surface area contributed by atoms with Crippen LogP contribution in [0.1, 0.15) is 28.4 Å². The lowest BCUT2D eigenvalue weighted by Crippen LogP contribution is -2.42. The predicted molar refractivity (Wildman–Crippen MR) is 113 cm³/mol. The summed E-state index contributed by atoms with van der Waals surface area (Å²) in [5, 5.41) is 8.39. The Hall–Kier alpha value is -3.59. The third-order valence-corrected chi connectivity index (χ3v) is 5.42. The Morgan fingerprint density at radius 2 is 1.74 bits per heavy atom. The van der Waals surface area contributed by atoms with Gasteiger partial charge in [-0.1, -0.05) is 24.3 Å². The smallest absolute Gasteiger partial charge is 0.335 e. The molecule has 0 bridgehead atoms. The van der Waals surface area contributed by atoms with Gasteiger partial charge in [0.15, 0.2) is 0 Å². The fourth-order valence-corrected chi connectivity index (χ4v) is 3.72. The number of hydrogen-bond acceptors (Lipinski definition) is 7. The Morgan fingerprint density at radius 3 is 2.32 bits per heavy atom. The van der Waals surface area contributed by atoms with E-state index in [9.17, 15) is 19.2 Å². The molecule has 0 aliphatic carbocycles. The molecule has 0 aromatic heterocycles. The van der Waals surface area contributed by atoms with Gasteiger partial charge in [0.05, 0.1) is 17.6 Å². The molecule has 0 unspecified atom stereocenters. The van der Waals surface area contributed by atoms with Crippen molar-refractivity contribution in [1.82, 2.24) is 4.90 Å². The van der Waals surface area contributed by atoms with Gasteiger partial charge >= 0.3 is 11.9 Å². The first kappa shape index (κ1) is 22.1. The maximum Gasteiger partial charge on any atom is 0.335 e. The van der Waals surface area contributed by atoms with Crippen molar-refractivity contribution in [2.24, 2.45) is 0 Å². The topological polar surface area (TPSA) is 110 Å². The quantitative estimate of drug-likeness (QED) is 0.513. The Balaban J connectivity index is 1.64. The van der Waals surface area contributed by atoms with Gasteiger partial charge < -0.3 is 14.6 Å². The second kappa shape index (κ2) is 9.48. The normalized spacial score (nSPS) is 15.8. The first-order valence-electron chi connectivity index (χ1n) is 9.20. The third kappa shape index (κ3) is 5.13. The van der Waals surface area contributed by atoms with E-state index in [-0.39, 0.29) is 17.1 Å². The summed E-state index contributed by atoms with van der Waals surface area (Å²) in [4.78, 5) is 48.3. The van der Waals surface area contributed by atoms with E-state index >= 15 is 0 Å². The summed E-state index contributed by atoms with van der Waals surface area (Å²) >= 11 is 0.765. The van der Waals surface area contributed by atoms with Crippen molar-refractivity contribution in [3.63, 3.8) is 0 Å². The second-order valence-electron chi connectivity index (χ2n) is 6.61. The SMILES string of the molecule is COC(=O)[C@H](C)N1C(=O)S/C(=C/c2ccc(OCc3ccc(C(=O)O)cc3)cc2)C1=O. The Kier molecular flexibility index (Phi) is 6.76. The molecule has 9 heteroatoms. The number of nitrogens with zero attached hydrogens (tertiary/aromatic N) is 1. The number of methoxy groups -OCH3 is 1. The second-order valence-corrected chi connectivity index (χ2v) is 7.60. The molecular weight excluding hydrogens is 422 g/mol. The van der Waals surface area contributed by atoms with Crippen LogP contribution < -0.4 is 4.74 Å². The molecular formula is C22H19NO7S. The number of esters is 1. The van der Waals surface area contributed by atoms with Crippen LogP contribution in [0.5, 0.6) is 5.75 Å². The van der Waals surface area contributed by atoms with Crippen molar-refractivity contribution < 1.29 is 33.8 Å². The number of thioether (sulfide) groups is 1.